The lowest BCUT2D eigenvalue weighted by Gasteiger charge is -2.28. The fourth-order valence-corrected chi connectivity index (χ4v) is 3.59. The number of nitrogens with zero attached hydrogens (tertiary/aromatic N) is 6. The summed E-state index contributed by atoms with van der Waals surface area (Å²) < 4.78 is 9.37. The van der Waals surface area contributed by atoms with E-state index in [1.54, 1.807) is 0 Å². The van der Waals surface area contributed by atoms with Crippen molar-refractivity contribution in [2.24, 2.45) is 0 Å². The standard InChI is InChI=1S/C21H22N6O/c1-2-26-15-18(14-23-26)16-3-4-17-13-24-27(20(17)11-16)19-5-6-22-21(12-19)25-7-9-28-10-8-25/h3-6,11-15H,2,7-10H2,1H3. The molecule has 0 saturated carbocycles. The highest BCUT2D eigenvalue weighted by Gasteiger charge is 2.14. The summed E-state index contributed by atoms with van der Waals surface area (Å²) in [5, 5.41) is 10.1. The van der Waals surface area contributed by atoms with Gasteiger partial charge >= 0.3 is 0 Å². The minimum Gasteiger partial charge on any atom is -0.378 e. The third kappa shape index (κ3) is 3.03. The predicted molar refractivity (Wildman–Crippen MR) is 109 cm³/mol. The van der Waals surface area contributed by atoms with Crippen molar-refractivity contribution >= 4 is 16.7 Å². The van der Waals surface area contributed by atoms with E-state index < -0.39 is 0 Å². The third-order valence-corrected chi connectivity index (χ3v) is 5.17. The first kappa shape index (κ1) is 16.9. The fourth-order valence-electron chi connectivity index (χ4n) is 3.59. The van der Waals surface area contributed by atoms with E-state index in [-0.39, 0.29) is 0 Å². The van der Waals surface area contributed by atoms with Gasteiger partial charge in [0.15, 0.2) is 0 Å². The Bertz CT molecular complexity index is 1110. The zero-order chi connectivity index (χ0) is 18.9. The highest BCUT2D eigenvalue weighted by atomic mass is 16.5. The lowest BCUT2D eigenvalue weighted by Crippen LogP contribution is -2.36. The fraction of sp³-hybridized carbons (Fsp3) is 0.286. The topological polar surface area (TPSA) is 61.0 Å². The van der Waals surface area contributed by atoms with Crippen molar-refractivity contribution in [2.75, 3.05) is 31.2 Å². The molecule has 1 aliphatic rings. The van der Waals surface area contributed by atoms with Crippen molar-refractivity contribution in [3.63, 3.8) is 0 Å². The molecule has 1 aliphatic heterocycles. The molecule has 0 bridgehead atoms. The van der Waals surface area contributed by atoms with Crippen LogP contribution >= 0.6 is 0 Å². The summed E-state index contributed by atoms with van der Waals surface area (Å²) >= 11 is 0. The Morgan fingerprint density at radius 2 is 1.89 bits per heavy atom. The minimum atomic E-state index is 0.741. The maximum Gasteiger partial charge on any atom is 0.130 e. The molecule has 0 aliphatic carbocycles. The zero-order valence-corrected chi connectivity index (χ0v) is 15.8. The summed E-state index contributed by atoms with van der Waals surface area (Å²) in [5.74, 6) is 0.963. The lowest BCUT2D eigenvalue weighted by atomic mass is 10.1. The molecule has 4 aromatic rings. The molecule has 28 heavy (non-hydrogen) atoms. The van der Waals surface area contributed by atoms with Crippen LogP contribution in [0.2, 0.25) is 0 Å². The zero-order valence-electron chi connectivity index (χ0n) is 15.8. The van der Waals surface area contributed by atoms with Crippen molar-refractivity contribution in [2.45, 2.75) is 13.5 Å². The Hall–Kier alpha value is -3.19. The van der Waals surface area contributed by atoms with Gasteiger partial charge in [0.05, 0.1) is 36.8 Å². The van der Waals surface area contributed by atoms with Gasteiger partial charge < -0.3 is 9.64 Å². The number of anilines is 1. The summed E-state index contributed by atoms with van der Waals surface area (Å²) in [7, 11) is 0. The molecule has 5 rings (SSSR count). The molecule has 3 aromatic heterocycles. The van der Waals surface area contributed by atoms with Gasteiger partial charge in [-0.1, -0.05) is 12.1 Å². The normalized spacial score (nSPS) is 14.7. The molecular weight excluding hydrogens is 352 g/mol. The van der Waals surface area contributed by atoms with Crippen LogP contribution in [0.25, 0.3) is 27.7 Å². The average molecular weight is 374 g/mol. The van der Waals surface area contributed by atoms with Crippen LogP contribution in [0, 0.1) is 0 Å². The quantitative estimate of drug-likeness (QED) is 0.549. The number of benzene rings is 1. The van der Waals surface area contributed by atoms with Gasteiger partial charge in [-0.25, -0.2) is 9.67 Å². The number of hydrogen-bond acceptors (Lipinski definition) is 5. The Morgan fingerprint density at radius 1 is 1.00 bits per heavy atom. The first-order chi connectivity index (χ1) is 13.8. The van der Waals surface area contributed by atoms with E-state index in [0.29, 0.717) is 0 Å². The van der Waals surface area contributed by atoms with E-state index in [4.69, 9.17) is 4.74 Å². The second-order valence-corrected chi connectivity index (χ2v) is 6.89. The molecule has 0 radical (unpaired) electrons. The highest BCUT2D eigenvalue weighted by molar-refractivity contribution is 5.85. The molecule has 7 nitrogen and oxygen atoms in total. The smallest absolute Gasteiger partial charge is 0.130 e. The summed E-state index contributed by atoms with van der Waals surface area (Å²) in [5.41, 5.74) is 4.32. The van der Waals surface area contributed by atoms with Crippen LogP contribution in [0.15, 0.2) is 55.1 Å². The van der Waals surface area contributed by atoms with Crippen molar-refractivity contribution in [3.05, 3.63) is 55.1 Å². The van der Waals surface area contributed by atoms with Crippen LogP contribution in [0.5, 0.6) is 0 Å². The lowest BCUT2D eigenvalue weighted by molar-refractivity contribution is 0.122. The van der Waals surface area contributed by atoms with Gasteiger partial charge in [0.1, 0.15) is 5.82 Å². The molecule has 7 heteroatoms. The second-order valence-electron chi connectivity index (χ2n) is 6.89. The Labute approximate surface area is 163 Å². The number of aryl methyl sites for hydroxylation is 1. The summed E-state index contributed by atoms with van der Waals surface area (Å²) in [6.45, 7) is 6.16. The van der Waals surface area contributed by atoms with Crippen molar-refractivity contribution in [1.82, 2.24) is 24.5 Å². The van der Waals surface area contributed by atoms with E-state index in [1.165, 1.54) is 0 Å². The van der Waals surface area contributed by atoms with E-state index in [2.05, 4.69) is 57.5 Å². The molecule has 0 amide bonds. The molecular formula is C21H22N6O. The van der Waals surface area contributed by atoms with E-state index >= 15 is 0 Å². The van der Waals surface area contributed by atoms with Crippen molar-refractivity contribution in [3.8, 4) is 16.8 Å². The van der Waals surface area contributed by atoms with Gasteiger partial charge in [0, 0.05) is 49.0 Å². The van der Waals surface area contributed by atoms with Gasteiger partial charge in [0.25, 0.3) is 0 Å². The molecule has 0 N–H and O–H groups in total. The van der Waals surface area contributed by atoms with Gasteiger partial charge in [-0.2, -0.15) is 10.2 Å². The number of pyridine rings is 1. The molecule has 0 unspecified atom stereocenters. The monoisotopic (exact) mass is 374 g/mol. The number of rotatable bonds is 4. The Kier molecular flexibility index (Phi) is 4.29. The Balaban J connectivity index is 1.54. The van der Waals surface area contributed by atoms with Gasteiger partial charge in [0.2, 0.25) is 0 Å². The molecule has 1 aromatic carbocycles. The number of hydrogen-bond donors (Lipinski definition) is 0. The first-order valence-corrected chi connectivity index (χ1v) is 9.61. The van der Waals surface area contributed by atoms with Crippen LogP contribution in [-0.2, 0) is 11.3 Å². The van der Waals surface area contributed by atoms with Crippen LogP contribution < -0.4 is 4.90 Å². The van der Waals surface area contributed by atoms with E-state index in [9.17, 15) is 0 Å². The molecule has 1 saturated heterocycles. The summed E-state index contributed by atoms with van der Waals surface area (Å²) in [6, 6.07) is 10.5. The van der Waals surface area contributed by atoms with Gasteiger partial charge in [-0.05, 0) is 24.6 Å². The number of fused-ring (bicyclic) bond motifs is 1. The van der Waals surface area contributed by atoms with Crippen LogP contribution in [0.3, 0.4) is 0 Å². The maximum atomic E-state index is 5.45. The number of aromatic nitrogens is 5. The second kappa shape index (κ2) is 7.09. The van der Waals surface area contributed by atoms with Crippen LogP contribution in [0.1, 0.15) is 6.92 Å². The molecule has 0 atom stereocenters. The molecule has 142 valence electrons. The predicted octanol–water partition coefficient (Wildman–Crippen LogP) is 3.14. The maximum absolute atomic E-state index is 5.45. The van der Waals surface area contributed by atoms with Crippen LogP contribution in [-0.4, -0.2) is 50.8 Å². The third-order valence-electron chi connectivity index (χ3n) is 5.17. The SMILES string of the molecule is CCn1cc(-c2ccc3cnn(-c4ccnc(N5CCOCC5)c4)c3c2)cn1. The average Bonchev–Trinajstić information content (AvgIpc) is 3.41. The number of morpholine rings is 1. The van der Waals surface area contributed by atoms with Crippen molar-refractivity contribution < 1.29 is 4.74 Å². The molecule has 4 heterocycles. The Morgan fingerprint density at radius 3 is 2.71 bits per heavy atom. The van der Waals surface area contributed by atoms with Crippen molar-refractivity contribution in [1.29, 1.82) is 0 Å². The number of ether oxygens (including phenoxy) is 1. The van der Waals surface area contributed by atoms with Gasteiger partial charge in [-0.3, -0.25) is 4.68 Å². The van der Waals surface area contributed by atoms with E-state index in [1.807, 2.05) is 34.0 Å². The molecule has 0 spiro atoms. The highest BCUT2D eigenvalue weighted by Crippen LogP contribution is 2.26. The minimum absolute atomic E-state index is 0.741. The molecule has 1 fully saturated rings. The van der Waals surface area contributed by atoms with E-state index in [0.717, 1.165) is 66.4 Å². The summed E-state index contributed by atoms with van der Waals surface area (Å²) in [6.07, 6.45) is 7.74. The largest absolute Gasteiger partial charge is 0.378 e. The first-order valence-electron chi connectivity index (χ1n) is 9.61. The van der Waals surface area contributed by atoms with Gasteiger partial charge in [-0.15, -0.1) is 0 Å². The summed E-state index contributed by atoms with van der Waals surface area (Å²) in [4.78, 5) is 6.80. The van der Waals surface area contributed by atoms with Crippen LogP contribution in [0.4, 0.5) is 5.82 Å².